The van der Waals surface area contributed by atoms with Gasteiger partial charge in [-0.15, -0.1) is 0 Å². The van der Waals surface area contributed by atoms with E-state index >= 15 is 0 Å². The SMILES string of the molecule is CC1=CC(=O)c2c(C)cccc2C1=O. The number of Topliss-reactive ketones (excluding diaryl/α,β-unsaturated/α-hetero) is 1. The third kappa shape index (κ3) is 1.11. The van der Waals surface area contributed by atoms with E-state index in [1.54, 1.807) is 19.1 Å². The number of allylic oxidation sites excluding steroid dienone is 2. The van der Waals surface area contributed by atoms with E-state index in [1.165, 1.54) is 6.08 Å². The molecule has 0 N–H and O–H groups in total. The largest absolute Gasteiger partial charge is 0.289 e. The van der Waals surface area contributed by atoms with Crippen LogP contribution in [0.2, 0.25) is 0 Å². The van der Waals surface area contributed by atoms with Crippen LogP contribution in [0.1, 0.15) is 33.2 Å². The van der Waals surface area contributed by atoms with E-state index in [0.29, 0.717) is 16.7 Å². The molecule has 0 spiro atoms. The summed E-state index contributed by atoms with van der Waals surface area (Å²) < 4.78 is 0. The van der Waals surface area contributed by atoms with Crippen LogP contribution in [0.4, 0.5) is 0 Å². The number of benzene rings is 1. The summed E-state index contributed by atoms with van der Waals surface area (Å²) in [6.07, 6.45) is 1.41. The molecule has 0 atom stereocenters. The highest BCUT2D eigenvalue weighted by Gasteiger charge is 2.23. The van der Waals surface area contributed by atoms with Gasteiger partial charge in [-0.25, -0.2) is 0 Å². The standard InChI is InChI=1S/C12H10O2/c1-7-4-3-5-9-11(7)10(13)6-8(2)12(9)14/h3-6H,1-2H3. The highest BCUT2D eigenvalue weighted by atomic mass is 16.1. The smallest absolute Gasteiger partial charge is 0.189 e. The van der Waals surface area contributed by atoms with Crippen molar-refractivity contribution in [3.63, 3.8) is 0 Å². The molecule has 1 aromatic carbocycles. The number of aryl methyl sites for hydroxylation is 1. The highest BCUT2D eigenvalue weighted by Crippen LogP contribution is 2.23. The van der Waals surface area contributed by atoms with Crippen molar-refractivity contribution in [1.82, 2.24) is 0 Å². The molecule has 1 aliphatic carbocycles. The zero-order valence-corrected chi connectivity index (χ0v) is 8.13. The second-order valence-corrected chi connectivity index (χ2v) is 3.52. The summed E-state index contributed by atoms with van der Waals surface area (Å²) in [6.45, 7) is 3.52. The summed E-state index contributed by atoms with van der Waals surface area (Å²) in [4.78, 5) is 23.3. The molecule has 0 aliphatic heterocycles. The number of fused-ring (bicyclic) bond motifs is 1. The third-order valence-corrected chi connectivity index (χ3v) is 2.47. The summed E-state index contributed by atoms with van der Waals surface area (Å²) in [5, 5.41) is 0. The van der Waals surface area contributed by atoms with Crippen molar-refractivity contribution >= 4 is 11.6 Å². The van der Waals surface area contributed by atoms with Crippen LogP contribution in [0.25, 0.3) is 0 Å². The van der Waals surface area contributed by atoms with Crippen LogP contribution in [0.5, 0.6) is 0 Å². The molecule has 2 heteroatoms. The average molecular weight is 186 g/mol. The molecule has 0 heterocycles. The molecule has 2 rings (SSSR count). The van der Waals surface area contributed by atoms with Crippen molar-refractivity contribution in [2.45, 2.75) is 13.8 Å². The van der Waals surface area contributed by atoms with Crippen molar-refractivity contribution in [2.24, 2.45) is 0 Å². The van der Waals surface area contributed by atoms with Gasteiger partial charge in [0, 0.05) is 16.7 Å². The van der Waals surface area contributed by atoms with Crippen molar-refractivity contribution < 1.29 is 9.59 Å². The van der Waals surface area contributed by atoms with Gasteiger partial charge in [-0.2, -0.15) is 0 Å². The van der Waals surface area contributed by atoms with Crippen LogP contribution in [0, 0.1) is 6.92 Å². The first-order chi connectivity index (χ1) is 6.61. The molecule has 1 aromatic rings. The number of carbonyl (C=O) groups excluding carboxylic acids is 2. The maximum absolute atomic E-state index is 11.7. The van der Waals surface area contributed by atoms with Gasteiger partial charge in [0.2, 0.25) is 0 Å². The lowest BCUT2D eigenvalue weighted by Crippen LogP contribution is -2.16. The van der Waals surface area contributed by atoms with Gasteiger partial charge >= 0.3 is 0 Å². The maximum Gasteiger partial charge on any atom is 0.189 e. The first-order valence-electron chi connectivity index (χ1n) is 4.48. The predicted molar refractivity (Wildman–Crippen MR) is 53.6 cm³/mol. The van der Waals surface area contributed by atoms with Crippen molar-refractivity contribution in [2.75, 3.05) is 0 Å². The minimum absolute atomic E-state index is 0.0386. The zero-order chi connectivity index (χ0) is 10.3. The Balaban J connectivity index is 2.75. The minimum Gasteiger partial charge on any atom is -0.289 e. The van der Waals surface area contributed by atoms with E-state index in [2.05, 4.69) is 0 Å². The van der Waals surface area contributed by atoms with Crippen molar-refractivity contribution in [3.05, 3.63) is 46.5 Å². The monoisotopic (exact) mass is 186 g/mol. The lowest BCUT2D eigenvalue weighted by Gasteiger charge is -2.14. The van der Waals surface area contributed by atoms with Crippen LogP contribution < -0.4 is 0 Å². The topological polar surface area (TPSA) is 34.1 Å². The first-order valence-corrected chi connectivity index (χ1v) is 4.48. The molecular formula is C12H10O2. The maximum atomic E-state index is 11.7. The summed E-state index contributed by atoms with van der Waals surface area (Å²) in [6, 6.07) is 5.36. The molecule has 0 saturated heterocycles. The molecule has 0 saturated carbocycles. The molecular weight excluding hydrogens is 176 g/mol. The van der Waals surface area contributed by atoms with Crippen molar-refractivity contribution in [1.29, 1.82) is 0 Å². The van der Waals surface area contributed by atoms with Crippen LogP contribution in [0.15, 0.2) is 29.8 Å². The third-order valence-electron chi connectivity index (χ3n) is 2.47. The van der Waals surface area contributed by atoms with Gasteiger partial charge in [0.25, 0.3) is 0 Å². The Morgan fingerprint density at radius 3 is 2.50 bits per heavy atom. The second-order valence-electron chi connectivity index (χ2n) is 3.52. The normalized spacial score (nSPS) is 15.1. The van der Waals surface area contributed by atoms with Crippen LogP contribution in [0.3, 0.4) is 0 Å². The molecule has 0 bridgehead atoms. The summed E-state index contributed by atoms with van der Waals surface area (Å²) in [5.74, 6) is -0.0986. The number of hydrogen-bond donors (Lipinski definition) is 0. The fourth-order valence-electron chi connectivity index (χ4n) is 1.73. The number of ketones is 2. The molecule has 14 heavy (non-hydrogen) atoms. The van der Waals surface area contributed by atoms with Gasteiger partial charge < -0.3 is 0 Å². The average Bonchev–Trinajstić information content (AvgIpc) is 2.14. The Labute approximate surface area is 82.2 Å². The molecule has 0 unspecified atom stereocenters. The van der Waals surface area contributed by atoms with E-state index in [-0.39, 0.29) is 11.6 Å². The quantitative estimate of drug-likeness (QED) is 0.623. The second kappa shape index (κ2) is 2.91. The van der Waals surface area contributed by atoms with Gasteiger partial charge in [0.15, 0.2) is 11.6 Å². The Hall–Kier alpha value is -1.70. The van der Waals surface area contributed by atoms with E-state index in [4.69, 9.17) is 0 Å². The number of hydrogen-bond acceptors (Lipinski definition) is 2. The number of carbonyl (C=O) groups is 2. The van der Waals surface area contributed by atoms with Gasteiger partial charge in [-0.1, -0.05) is 18.2 Å². The lowest BCUT2D eigenvalue weighted by molar-refractivity contribution is 0.0984. The Morgan fingerprint density at radius 1 is 1.07 bits per heavy atom. The molecule has 1 aliphatic rings. The first kappa shape index (κ1) is 8.88. The van der Waals surface area contributed by atoms with Gasteiger partial charge in [-0.3, -0.25) is 9.59 Å². The fraction of sp³-hybridized carbons (Fsp3) is 0.167. The summed E-state index contributed by atoms with van der Waals surface area (Å²) in [7, 11) is 0. The van der Waals surface area contributed by atoms with E-state index in [1.807, 2.05) is 13.0 Å². The lowest BCUT2D eigenvalue weighted by atomic mass is 9.88. The van der Waals surface area contributed by atoms with Gasteiger partial charge in [-0.05, 0) is 25.5 Å². The fourth-order valence-corrected chi connectivity index (χ4v) is 1.73. The molecule has 70 valence electrons. The Morgan fingerprint density at radius 2 is 1.79 bits per heavy atom. The Bertz CT molecular complexity index is 467. The molecule has 2 nitrogen and oxygen atoms in total. The van der Waals surface area contributed by atoms with Crippen LogP contribution in [-0.2, 0) is 0 Å². The summed E-state index contributed by atoms with van der Waals surface area (Å²) >= 11 is 0. The molecule has 0 radical (unpaired) electrons. The van der Waals surface area contributed by atoms with Crippen LogP contribution >= 0.6 is 0 Å². The minimum atomic E-state index is -0.0600. The number of rotatable bonds is 0. The predicted octanol–water partition coefficient (Wildman–Crippen LogP) is 2.32. The van der Waals surface area contributed by atoms with E-state index in [0.717, 1.165) is 5.56 Å². The molecule has 0 amide bonds. The van der Waals surface area contributed by atoms with Gasteiger partial charge in [0.05, 0.1) is 0 Å². The highest BCUT2D eigenvalue weighted by molar-refractivity contribution is 6.24. The zero-order valence-electron chi connectivity index (χ0n) is 8.13. The van der Waals surface area contributed by atoms with E-state index in [9.17, 15) is 9.59 Å². The molecule has 0 fully saturated rings. The van der Waals surface area contributed by atoms with Crippen molar-refractivity contribution in [3.8, 4) is 0 Å². The summed E-state index contributed by atoms with van der Waals surface area (Å²) in [5.41, 5.74) is 2.48. The molecule has 0 aromatic heterocycles. The van der Waals surface area contributed by atoms with Crippen LogP contribution in [-0.4, -0.2) is 11.6 Å². The van der Waals surface area contributed by atoms with E-state index < -0.39 is 0 Å². The van der Waals surface area contributed by atoms with Gasteiger partial charge in [0.1, 0.15) is 0 Å². The Kier molecular flexibility index (Phi) is 1.84.